The maximum Gasteiger partial charge on any atom is 0.354 e. The third kappa shape index (κ3) is 7.82. The molecule has 7 aliphatic heterocycles. The number of aliphatic hydroxyl groups is 9. The molecule has 6 bridgehead atoms. The number of aliphatic carboxylic acids is 1. The van der Waals surface area contributed by atoms with E-state index in [1.165, 1.54) is 12.1 Å². The first-order valence-electron chi connectivity index (χ1n) is 26.1. The summed E-state index contributed by atoms with van der Waals surface area (Å²) in [4.78, 5) is 46.8. The second-order valence-electron chi connectivity index (χ2n) is 21.6. The van der Waals surface area contributed by atoms with Gasteiger partial charge in [0.1, 0.15) is 46.0 Å². The molecule has 24 heteroatoms. The number of hydrogen-bond acceptors (Lipinski definition) is 22. The number of aromatic nitrogens is 1. The zero-order valence-corrected chi connectivity index (χ0v) is 42.6. The SMILES string of the molecule is O=C(O)C12C#CCC3(OC45Oc6cc7oc(-c8cc(O)c(O)c(CCO)c8)cc(=O)c7c(O)c6C(C6=CNC7NC8C=CCC(C8)C7=C6)C=C4Cc4[nH]ccc4C#CCC3(O)C(O)C5O)C(=O)OC(CCCO)(O1)C(O)C(O)C2(O)O. The summed E-state index contributed by atoms with van der Waals surface area (Å²) in [6.07, 6.45) is -3.21. The van der Waals surface area contributed by atoms with Crippen LogP contribution in [0.3, 0.4) is 0 Å². The monoisotopic (exact) mass is 1120 g/mol. The molecular weight excluding hydrogens is 1060 g/mol. The number of aromatic hydroxyl groups is 3. The van der Waals surface area contributed by atoms with Gasteiger partial charge in [0, 0.05) is 102 Å². The van der Waals surface area contributed by atoms with Crippen molar-refractivity contribution in [1.82, 2.24) is 15.6 Å². The first-order chi connectivity index (χ1) is 38.6. The number of carboxylic acids is 1. The van der Waals surface area contributed by atoms with E-state index in [2.05, 4.69) is 51.5 Å². The molecule has 0 saturated carbocycles. The Labute approximate surface area is 458 Å². The lowest BCUT2D eigenvalue weighted by Gasteiger charge is -2.58. The molecule has 0 amide bonds. The summed E-state index contributed by atoms with van der Waals surface area (Å²) >= 11 is 0. The number of fused-ring (bicyclic) bond motifs is 10. The molecule has 9 aliphatic rings. The lowest BCUT2D eigenvalue weighted by molar-refractivity contribution is -0.432. The van der Waals surface area contributed by atoms with Crippen molar-refractivity contribution in [3.05, 3.63) is 116 Å². The maximum absolute atomic E-state index is 15.8. The summed E-state index contributed by atoms with van der Waals surface area (Å²) in [5.74, 6) is -8.06. The van der Waals surface area contributed by atoms with E-state index >= 15 is 4.79 Å². The molecule has 3 fully saturated rings. The summed E-state index contributed by atoms with van der Waals surface area (Å²) in [5, 5.41) is 156. The van der Waals surface area contributed by atoms with Gasteiger partial charge >= 0.3 is 11.9 Å². The van der Waals surface area contributed by atoms with Gasteiger partial charge < -0.3 is 100 Å². The van der Waals surface area contributed by atoms with Crippen LogP contribution in [0, 0.1) is 29.6 Å². The minimum atomic E-state index is -3.99. The van der Waals surface area contributed by atoms with E-state index in [9.17, 15) is 76.0 Å². The normalized spacial score (nSPS) is 35.0. The van der Waals surface area contributed by atoms with Crippen molar-refractivity contribution in [2.75, 3.05) is 13.2 Å². The van der Waals surface area contributed by atoms with Crippen LogP contribution < -0.4 is 20.8 Å². The fourth-order valence-electron chi connectivity index (χ4n) is 12.7. The van der Waals surface area contributed by atoms with Gasteiger partial charge in [0.2, 0.25) is 17.2 Å². The highest BCUT2D eigenvalue weighted by molar-refractivity contribution is 5.90. The van der Waals surface area contributed by atoms with E-state index in [-0.39, 0.29) is 59.0 Å². The Morgan fingerprint density at radius 1 is 0.889 bits per heavy atom. The zero-order valence-electron chi connectivity index (χ0n) is 42.6. The summed E-state index contributed by atoms with van der Waals surface area (Å²) in [5.41, 5.74) is -9.71. The molecule has 13 rings (SSSR count). The third-order valence-electron chi connectivity index (χ3n) is 17.0. The van der Waals surface area contributed by atoms with Crippen molar-refractivity contribution >= 4 is 22.9 Å². The van der Waals surface area contributed by atoms with E-state index in [0.29, 0.717) is 23.3 Å². The second-order valence-corrected chi connectivity index (χ2v) is 21.6. The number of allylic oxidation sites excluding steroid dienone is 4. The van der Waals surface area contributed by atoms with Gasteiger partial charge in [-0.05, 0) is 66.9 Å². The molecule has 24 nitrogen and oxygen atoms in total. The molecule has 3 saturated heterocycles. The predicted molar refractivity (Wildman–Crippen MR) is 275 cm³/mol. The number of aliphatic hydroxyl groups excluding tert-OH is 6. The highest BCUT2D eigenvalue weighted by atomic mass is 16.8. The number of piperidine rings is 1. The lowest BCUT2D eigenvalue weighted by Crippen LogP contribution is -2.81. The molecule has 16 N–H and O–H groups in total. The molecular formula is C57H55N3O21. The van der Waals surface area contributed by atoms with Crippen LogP contribution in [-0.4, -0.2) is 167 Å². The minimum Gasteiger partial charge on any atom is -0.507 e. The molecule has 81 heavy (non-hydrogen) atoms. The number of hydrogen-bond donors (Lipinski definition) is 16. The fraction of sp³-hybridized carbons (Fsp3) is 0.421. The van der Waals surface area contributed by atoms with Crippen LogP contribution in [0.2, 0.25) is 0 Å². The molecule has 9 heterocycles. The number of esters is 1. The van der Waals surface area contributed by atoms with Crippen molar-refractivity contribution in [2.24, 2.45) is 5.92 Å². The number of carbonyl (C=O) groups excluding carboxylic acids is 1. The van der Waals surface area contributed by atoms with Gasteiger partial charge in [-0.25, -0.2) is 9.59 Å². The Morgan fingerprint density at radius 3 is 2.46 bits per heavy atom. The summed E-state index contributed by atoms with van der Waals surface area (Å²) in [7, 11) is 0. The summed E-state index contributed by atoms with van der Waals surface area (Å²) in [6, 6.07) is 6.29. The Hall–Kier alpha value is -7.53. The maximum atomic E-state index is 15.8. The van der Waals surface area contributed by atoms with Gasteiger partial charge in [-0.1, -0.05) is 42.1 Å². The number of rotatable bonds is 8. The summed E-state index contributed by atoms with van der Waals surface area (Å²) in [6.45, 7) is -1.18. The number of carboxylic acid groups (broad SMARTS) is 1. The number of phenols is 3. The van der Waals surface area contributed by atoms with E-state index in [1.807, 2.05) is 6.08 Å². The number of nitrogens with one attached hydrogen (secondary N) is 3. The first kappa shape index (κ1) is 54.1. The quantitative estimate of drug-likeness (QED) is 0.0335. The van der Waals surface area contributed by atoms with Crippen LogP contribution >= 0.6 is 0 Å². The van der Waals surface area contributed by atoms with E-state index in [0.717, 1.165) is 30.2 Å². The van der Waals surface area contributed by atoms with E-state index in [1.54, 1.807) is 18.5 Å². The average molecular weight is 1120 g/mol. The van der Waals surface area contributed by atoms with Gasteiger partial charge in [-0.3, -0.25) is 10.1 Å². The highest BCUT2D eigenvalue weighted by Crippen LogP contribution is 2.58. The number of ether oxygens (including phenoxy) is 4. The van der Waals surface area contributed by atoms with E-state index in [4.69, 9.17) is 23.4 Å². The number of carbonyl (C=O) groups is 2. The van der Waals surface area contributed by atoms with Gasteiger partial charge in [-0.2, -0.15) is 0 Å². The topological polar surface area (TPSA) is 404 Å². The number of phenolic OH excluding ortho intramolecular Hbond substituents is 3. The molecule has 2 spiro atoms. The molecule has 2 aromatic carbocycles. The van der Waals surface area contributed by atoms with Crippen molar-refractivity contribution in [2.45, 2.75) is 128 Å². The lowest BCUT2D eigenvalue weighted by atomic mass is 9.67. The van der Waals surface area contributed by atoms with Crippen LogP contribution in [0.15, 0.2) is 93.0 Å². The molecule has 2 aromatic heterocycles. The largest absolute Gasteiger partial charge is 0.507 e. The van der Waals surface area contributed by atoms with Gasteiger partial charge in [0.05, 0.1) is 12.6 Å². The standard InChI is InChI=1S/C57H55N3O21/c61-15-4-13-55-46(68)48(70)57(75,76)53(80-55,50(71)72)11-3-12-54(51(73)79-55)52(74)10-2-6-26-8-14-58-35(26)22-31-21-33(30-19-34-27-5-1-7-32(18-27)60-49(34)59-25-30)41-40(78-56(31,81-54)47(69)45(52)67)24-39-42(44(41)66)36(63)23-38(77-39)29-17-28(9-16-62)43(65)37(64)20-29/h1,7-8,14,17,19-21,23-25,27,32-33,45-49,58-62,64-70,74-76H,4-5,9-10,12-13,15-16,18,22H2,(H,71,72). The molecule has 13 unspecified atom stereocenters. The fourth-order valence-corrected chi connectivity index (χ4v) is 12.7. The highest BCUT2D eigenvalue weighted by Gasteiger charge is 2.78. The minimum absolute atomic E-state index is 0.0332. The Morgan fingerprint density at radius 2 is 1.69 bits per heavy atom. The number of aromatic amines is 1. The Kier molecular flexibility index (Phi) is 12.7. The van der Waals surface area contributed by atoms with Gasteiger partial charge in [0.15, 0.2) is 29.1 Å². The smallest absolute Gasteiger partial charge is 0.354 e. The molecule has 4 aromatic rings. The Bertz CT molecular complexity index is 3670. The van der Waals surface area contributed by atoms with Crippen molar-refractivity contribution < 1.29 is 99.3 Å². The van der Waals surface area contributed by atoms with Crippen molar-refractivity contribution in [3.8, 4) is 58.0 Å². The molecule has 2 aliphatic carbocycles. The van der Waals surface area contributed by atoms with E-state index < -0.39 is 155 Å². The number of benzene rings is 2. The zero-order chi connectivity index (χ0) is 57.3. The number of H-pyrrole nitrogens is 1. The third-order valence-corrected chi connectivity index (χ3v) is 17.0. The number of dihydropyridines is 1. The van der Waals surface area contributed by atoms with Crippen LogP contribution in [-0.2, 0) is 36.6 Å². The van der Waals surface area contributed by atoms with Crippen LogP contribution in [0.25, 0.3) is 22.3 Å². The molecule has 0 radical (unpaired) electrons. The van der Waals surface area contributed by atoms with Crippen LogP contribution in [0.4, 0.5) is 0 Å². The van der Waals surface area contributed by atoms with Crippen molar-refractivity contribution in [3.63, 3.8) is 0 Å². The average Bonchev–Trinajstić information content (AvgIpc) is 2.34. The molecule has 13 atom stereocenters. The molecule has 424 valence electrons. The first-order valence-corrected chi connectivity index (χ1v) is 26.1. The van der Waals surface area contributed by atoms with Crippen LogP contribution in [0.1, 0.15) is 66.8 Å². The van der Waals surface area contributed by atoms with Crippen LogP contribution in [0.5, 0.6) is 23.0 Å². The van der Waals surface area contributed by atoms with Crippen molar-refractivity contribution in [1.29, 1.82) is 0 Å². The van der Waals surface area contributed by atoms with Gasteiger partial charge in [0.25, 0.3) is 11.4 Å². The summed E-state index contributed by atoms with van der Waals surface area (Å²) < 4.78 is 32.0. The second kappa shape index (κ2) is 19.0. The predicted octanol–water partition coefficient (Wildman–Crippen LogP) is -0.889. The van der Waals surface area contributed by atoms with Gasteiger partial charge in [-0.15, -0.1) is 0 Å². The Balaban J connectivity index is 1.14.